The molecule has 0 N–H and O–H groups in total. The fraction of sp³-hybridized carbons (Fsp3) is 1.00. The van der Waals surface area contributed by atoms with Crippen LogP contribution in [0.3, 0.4) is 0 Å². The predicted molar refractivity (Wildman–Crippen MR) is 62.4 cm³/mol. The Morgan fingerprint density at radius 3 is 2.38 bits per heavy atom. The monoisotopic (exact) mass is 268 g/mol. The van der Waals surface area contributed by atoms with Gasteiger partial charge in [-0.2, -0.15) is 0 Å². The zero-order valence-electron chi connectivity index (χ0n) is 9.10. The molecule has 13 heavy (non-hydrogen) atoms. The minimum Gasteiger partial charge on any atom is -0.395 e. The van der Waals surface area contributed by atoms with E-state index in [0.29, 0.717) is 0 Å². The Morgan fingerprint density at radius 2 is 2.00 bits per heavy atom. The van der Waals surface area contributed by atoms with Crippen molar-refractivity contribution in [3.63, 3.8) is 0 Å². The molecule has 0 aliphatic rings. The zero-order valence-corrected chi connectivity index (χ0v) is 11.7. The van der Waals surface area contributed by atoms with E-state index in [0.717, 1.165) is 12.7 Å². The van der Waals surface area contributed by atoms with Crippen LogP contribution in [0.2, 0.25) is 12.6 Å². The molecule has 0 bridgehead atoms. The first-order valence-corrected chi connectivity index (χ1v) is 8.44. The molecule has 0 amide bonds. The lowest BCUT2D eigenvalue weighted by Gasteiger charge is -2.27. The number of hydrogen-bond donors (Lipinski definition) is 0. The van der Waals surface area contributed by atoms with E-state index in [-0.39, 0.29) is 5.01 Å². The number of unbranched alkanes of at least 4 members (excludes halogenated alkanes) is 1. The van der Waals surface area contributed by atoms with E-state index in [1.165, 1.54) is 12.8 Å². The van der Waals surface area contributed by atoms with Gasteiger partial charge in [-0.25, -0.2) is 0 Å². The van der Waals surface area contributed by atoms with Crippen molar-refractivity contribution in [1.82, 2.24) is 0 Å². The van der Waals surface area contributed by atoms with E-state index in [2.05, 4.69) is 29.4 Å². The SMILES string of the molecule is CCCC[Si](C)(OCC)OC(C)Br. The van der Waals surface area contributed by atoms with E-state index >= 15 is 0 Å². The van der Waals surface area contributed by atoms with Crippen molar-refractivity contribution >= 4 is 24.5 Å². The minimum absolute atomic E-state index is 0.104. The second-order valence-electron chi connectivity index (χ2n) is 3.33. The molecule has 0 aromatic heterocycles. The van der Waals surface area contributed by atoms with Crippen LogP contribution in [0.5, 0.6) is 0 Å². The summed E-state index contributed by atoms with van der Waals surface area (Å²) in [4.78, 5) is 0. The quantitative estimate of drug-likeness (QED) is 0.519. The van der Waals surface area contributed by atoms with Gasteiger partial charge in [0, 0.05) is 6.61 Å². The Hall–Kier alpha value is 0.617. The highest BCUT2D eigenvalue weighted by Gasteiger charge is 2.31. The van der Waals surface area contributed by atoms with Gasteiger partial charge in [0.25, 0.3) is 0 Å². The van der Waals surface area contributed by atoms with Gasteiger partial charge in [0.2, 0.25) is 0 Å². The number of hydrogen-bond acceptors (Lipinski definition) is 2. The molecule has 0 aromatic carbocycles. The van der Waals surface area contributed by atoms with Crippen LogP contribution in [0, 0.1) is 0 Å². The van der Waals surface area contributed by atoms with Crippen molar-refractivity contribution in [3.8, 4) is 0 Å². The van der Waals surface area contributed by atoms with Gasteiger partial charge >= 0.3 is 8.56 Å². The summed E-state index contributed by atoms with van der Waals surface area (Å²) in [7, 11) is -1.88. The molecule has 0 spiro atoms. The molecule has 0 aliphatic carbocycles. The second kappa shape index (κ2) is 6.98. The summed E-state index contributed by atoms with van der Waals surface area (Å²) in [6, 6.07) is 1.09. The zero-order chi connectivity index (χ0) is 10.3. The maximum Gasteiger partial charge on any atom is 0.335 e. The van der Waals surface area contributed by atoms with Gasteiger partial charge < -0.3 is 8.85 Å². The van der Waals surface area contributed by atoms with Crippen molar-refractivity contribution in [2.75, 3.05) is 6.61 Å². The highest BCUT2D eigenvalue weighted by molar-refractivity contribution is 9.09. The molecule has 4 heteroatoms. The Labute approximate surface area is 91.4 Å². The van der Waals surface area contributed by atoms with Gasteiger partial charge in [0.1, 0.15) is 5.01 Å². The topological polar surface area (TPSA) is 18.5 Å². The van der Waals surface area contributed by atoms with Crippen molar-refractivity contribution in [3.05, 3.63) is 0 Å². The van der Waals surface area contributed by atoms with Crippen molar-refractivity contribution in [2.24, 2.45) is 0 Å². The summed E-state index contributed by atoms with van der Waals surface area (Å²) in [6.07, 6.45) is 2.40. The van der Waals surface area contributed by atoms with Crippen LogP contribution in [0.4, 0.5) is 0 Å². The smallest absolute Gasteiger partial charge is 0.335 e. The first-order chi connectivity index (χ1) is 6.04. The van der Waals surface area contributed by atoms with E-state index in [4.69, 9.17) is 8.85 Å². The summed E-state index contributed by atoms with van der Waals surface area (Å²) < 4.78 is 11.5. The number of alkyl halides is 1. The summed E-state index contributed by atoms with van der Waals surface area (Å²) in [5.74, 6) is 0. The minimum atomic E-state index is -1.88. The molecule has 0 fully saturated rings. The molecule has 0 heterocycles. The van der Waals surface area contributed by atoms with Crippen LogP contribution in [-0.2, 0) is 8.85 Å². The van der Waals surface area contributed by atoms with E-state index in [9.17, 15) is 0 Å². The Balaban J connectivity index is 3.99. The lowest BCUT2D eigenvalue weighted by molar-refractivity contribution is 0.176. The van der Waals surface area contributed by atoms with Gasteiger partial charge in [0.15, 0.2) is 0 Å². The molecular formula is C9H21BrO2Si. The Bertz CT molecular complexity index is 133. The first-order valence-electron chi connectivity index (χ1n) is 5.00. The highest BCUT2D eigenvalue weighted by atomic mass is 79.9. The third kappa shape index (κ3) is 6.66. The summed E-state index contributed by atoms with van der Waals surface area (Å²) >= 11 is 3.40. The average Bonchev–Trinajstić information content (AvgIpc) is 2.00. The van der Waals surface area contributed by atoms with Crippen molar-refractivity contribution in [1.29, 1.82) is 0 Å². The molecule has 0 saturated heterocycles. The standard InChI is InChI=1S/C9H21BrO2Si/c1-5-7-8-13(4,11-6-2)12-9(3)10/h9H,5-8H2,1-4H3. The van der Waals surface area contributed by atoms with Crippen LogP contribution in [0.25, 0.3) is 0 Å². The van der Waals surface area contributed by atoms with E-state index in [1.54, 1.807) is 0 Å². The molecule has 0 aliphatic heterocycles. The maximum atomic E-state index is 5.81. The number of halogens is 1. The van der Waals surface area contributed by atoms with Gasteiger partial charge in [-0.3, -0.25) is 0 Å². The van der Waals surface area contributed by atoms with Crippen molar-refractivity contribution in [2.45, 2.75) is 51.2 Å². The predicted octanol–water partition coefficient (Wildman–Crippen LogP) is 3.65. The molecule has 0 rings (SSSR count). The summed E-state index contributed by atoms with van der Waals surface area (Å²) in [5.41, 5.74) is 0. The fourth-order valence-corrected chi connectivity index (χ4v) is 5.12. The van der Waals surface area contributed by atoms with Gasteiger partial charge in [-0.15, -0.1) is 0 Å². The third-order valence-electron chi connectivity index (χ3n) is 1.85. The molecule has 80 valence electrons. The summed E-state index contributed by atoms with van der Waals surface area (Å²) in [5, 5.41) is 0.104. The van der Waals surface area contributed by atoms with Crippen LogP contribution in [0.1, 0.15) is 33.6 Å². The number of rotatable bonds is 7. The third-order valence-corrected chi connectivity index (χ3v) is 5.39. The van der Waals surface area contributed by atoms with Gasteiger partial charge in [0.05, 0.1) is 0 Å². The van der Waals surface area contributed by atoms with E-state index in [1.807, 2.05) is 13.8 Å². The largest absolute Gasteiger partial charge is 0.395 e. The van der Waals surface area contributed by atoms with Gasteiger partial charge in [-0.1, -0.05) is 35.7 Å². The average molecular weight is 269 g/mol. The van der Waals surface area contributed by atoms with E-state index < -0.39 is 8.56 Å². The van der Waals surface area contributed by atoms with Gasteiger partial charge in [-0.05, 0) is 26.4 Å². The van der Waals surface area contributed by atoms with Crippen LogP contribution >= 0.6 is 15.9 Å². The van der Waals surface area contributed by atoms with Crippen LogP contribution in [0.15, 0.2) is 0 Å². The molecule has 0 radical (unpaired) electrons. The maximum absolute atomic E-state index is 5.81. The van der Waals surface area contributed by atoms with Crippen LogP contribution < -0.4 is 0 Å². The molecule has 0 aromatic rings. The molecule has 0 saturated carbocycles. The fourth-order valence-electron chi connectivity index (χ4n) is 1.31. The Morgan fingerprint density at radius 1 is 1.38 bits per heavy atom. The summed E-state index contributed by atoms with van der Waals surface area (Å²) in [6.45, 7) is 9.12. The van der Waals surface area contributed by atoms with Crippen molar-refractivity contribution < 1.29 is 8.85 Å². The second-order valence-corrected chi connectivity index (χ2v) is 7.91. The molecule has 2 atom stereocenters. The highest BCUT2D eigenvalue weighted by Crippen LogP contribution is 2.20. The normalized spacial score (nSPS) is 18.2. The molecule has 2 nitrogen and oxygen atoms in total. The lowest BCUT2D eigenvalue weighted by Crippen LogP contribution is -2.40. The first kappa shape index (κ1) is 13.6. The Kier molecular flexibility index (Phi) is 7.31. The molecule has 2 unspecified atom stereocenters. The lowest BCUT2D eigenvalue weighted by atomic mass is 10.4. The molecular weight excluding hydrogens is 248 g/mol. The van der Waals surface area contributed by atoms with Crippen LogP contribution in [-0.4, -0.2) is 20.2 Å².